The first-order valence-corrected chi connectivity index (χ1v) is 10.4. The van der Waals surface area contributed by atoms with Crippen LogP contribution in [0.25, 0.3) is 33.2 Å². The molecular formula is C27H24N2O. The van der Waals surface area contributed by atoms with Gasteiger partial charge in [-0.1, -0.05) is 44.2 Å². The molecule has 0 radical (unpaired) electrons. The number of rotatable bonds is 4. The smallest absolute Gasteiger partial charge is 0.139 e. The zero-order valence-corrected chi connectivity index (χ0v) is 17.5. The van der Waals surface area contributed by atoms with Crippen molar-refractivity contribution in [3.05, 3.63) is 95.4 Å². The van der Waals surface area contributed by atoms with Gasteiger partial charge in [0.2, 0.25) is 0 Å². The quantitative estimate of drug-likeness (QED) is 0.328. The van der Waals surface area contributed by atoms with E-state index in [9.17, 15) is 0 Å². The lowest BCUT2D eigenvalue weighted by molar-refractivity contribution is 0.667. The van der Waals surface area contributed by atoms with Crippen molar-refractivity contribution < 1.29 is 4.42 Å². The lowest BCUT2D eigenvalue weighted by atomic mass is 9.99. The highest BCUT2D eigenvalue weighted by Crippen LogP contribution is 2.35. The molecule has 0 fully saturated rings. The van der Waals surface area contributed by atoms with E-state index in [-0.39, 0.29) is 0 Å². The van der Waals surface area contributed by atoms with E-state index in [1.165, 1.54) is 11.1 Å². The average Bonchev–Trinajstić information content (AvgIpc) is 3.12. The Balaban J connectivity index is 1.69. The number of fused-ring (bicyclic) bond motifs is 3. The fraction of sp³-hybridized carbons (Fsp3) is 0.185. The van der Waals surface area contributed by atoms with E-state index in [1.807, 2.05) is 25.3 Å². The largest absolute Gasteiger partial charge is 0.456 e. The van der Waals surface area contributed by atoms with Gasteiger partial charge < -0.3 is 4.42 Å². The molecule has 0 saturated heterocycles. The minimum atomic E-state index is 0.467. The number of aryl methyl sites for hydroxylation is 1. The van der Waals surface area contributed by atoms with E-state index in [0.29, 0.717) is 5.92 Å². The van der Waals surface area contributed by atoms with Crippen molar-refractivity contribution in [2.24, 2.45) is 0 Å². The molecule has 0 aliphatic heterocycles. The van der Waals surface area contributed by atoms with Gasteiger partial charge in [-0.2, -0.15) is 0 Å². The number of benzene rings is 2. The predicted octanol–water partition coefficient (Wildman–Crippen LogP) is 7.07. The predicted molar refractivity (Wildman–Crippen MR) is 123 cm³/mol. The van der Waals surface area contributed by atoms with Crippen molar-refractivity contribution in [1.29, 1.82) is 0 Å². The molecule has 5 aromatic rings. The molecule has 5 rings (SSSR count). The average molecular weight is 393 g/mol. The topological polar surface area (TPSA) is 38.9 Å². The Bertz CT molecular complexity index is 1350. The third-order valence-electron chi connectivity index (χ3n) is 5.62. The summed E-state index contributed by atoms with van der Waals surface area (Å²) in [7, 11) is 0. The summed E-state index contributed by atoms with van der Waals surface area (Å²) in [5, 5.41) is 2.19. The van der Waals surface area contributed by atoms with Gasteiger partial charge in [-0.05, 0) is 54.3 Å². The summed E-state index contributed by atoms with van der Waals surface area (Å²) in [5.41, 5.74) is 8.42. The van der Waals surface area contributed by atoms with E-state index in [2.05, 4.69) is 73.4 Å². The Morgan fingerprint density at radius 2 is 1.73 bits per heavy atom. The third kappa shape index (κ3) is 3.37. The molecule has 0 atom stereocenters. The SMILES string of the molecule is Cc1cc2oc3ccc(-c4cc(C(C)C)ccn4)cc3c2c(Cc2ccccc2)n1. The summed E-state index contributed by atoms with van der Waals surface area (Å²) in [6, 6.07) is 23.1. The van der Waals surface area contributed by atoms with Crippen LogP contribution in [0, 0.1) is 6.92 Å². The molecule has 0 aliphatic carbocycles. The second-order valence-electron chi connectivity index (χ2n) is 8.19. The molecule has 30 heavy (non-hydrogen) atoms. The van der Waals surface area contributed by atoms with Crippen LogP contribution in [0.2, 0.25) is 0 Å². The van der Waals surface area contributed by atoms with Gasteiger partial charge >= 0.3 is 0 Å². The van der Waals surface area contributed by atoms with Gasteiger partial charge in [0.05, 0.1) is 16.8 Å². The molecular weight excluding hydrogens is 368 g/mol. The van der Waals surface area contributed by atoms with Gasteiger partial charge in [0.1, 0.15) is 11.2 Å². The molecule has 2 aromatic carbocycles. The summed E-state index contributed by atoms with van der Waals surface area (Å²) >= 11 is 0. The Kier molecular flexibility index (Phi) is 4.59. The minimum Gasteiger partial charge on any atom is -0.456 e. The highest BCUT2D eigenvalue weighted by atomic mass is 16.3. The number of furan rings is 1. The maximum atomic E-state index is 6.20. The van der Waals surface area contributed by atoms with Crippen LogP contribution in [0.4, 0.5) is 0 Å². The lowest BCUT2D eigenvalue weighted by Crippen LogP contribution is -1.95. The number of aromatic nitrogens is 2. The molecule has 148 valence electrons. The summed E-state index contributed by atoms with van der Waals surface area (Å²) in [5.74, 6) is 0.467. The molecule has 0 unspecified atom stereocenters. The van der Waals surface area contributed by atoms with Crippen molar-refractivity contribution in [3.8, 4) is 11.3 Å². The molecule has 0 amide bonds. The third-order valence-corrected chi connectivity index (χ3v) is 5.62. The zero-order valence-electron chi connectivity index (χ0n) is 17.5. The van der Waals surface area contributed by atoms with E-state index >= 15 is 0 Å². The van der Waals surface area contributed by atoms with Crippen LogP contribution in [0.3, 0.4) is 0 Å². The Labute approximate surface area is 176 Å². The van der Waals surface area contributed by atoms with E-state index in [0.717, 1.165) is 51.0 Å². The molecule has 0 bridgehead atoms. The van der Waals surface area contributed by atoms with Gasteiger partial charge in [0.25, 0.3) is 0 Å². The van der Waals surface area contributed by atoms with Gasteiger partial charge in [-0.15, -0.1) is 0 Å². The molecule has 3 heterocycles. The van der Waals surface area contributed by atoms with Crippen molar-refractivity contribution in [1.82, 2.24) is 9.97 Å². The summed E-state index contributed by atoms with van der Waals surface area (Å²) in [6.45, 7) is 6.43. The van der Waals surface area contributed by atoms with Crippen molar-refractivity contribution in [3.63, 3.8) is 0 Å². The van der Waals surface area contributed by atoms with Crippen LogP contribution in [-0.4, -0.2) is 9.97 Å². The highest BCUT2D eigenvalue weighted by Gasteiger charge is 2.15. The highest BCUT2D eigenvalue weighted by molar-refractivity contribution is 6.07. The molecule has 0 spiro atoms. The van der Waals surface area contributed by atoms with Gasteiger partial charge in [-0.25, -0.2) is 0 Å². The van der Waals surface area contributed by atoms with Crippen molar-refractivity contribution >= 4 is 21.9 Å². The first kappa shape index (κ1) is 18.6. The maximum Gasteiger partial charge on any atom is 0.139 e. The van der Waals surface area contributed by atoms with Gasteiger partial charge in [0, 0.05) is 35.3 Å². The number of pyridine rings is 2. The standard InChI is InChI=1S/C27H24N2O/c1-17(2)20-11-12-28-23(16-20)21-9-10-25-22(15-21)27-24(14-19-7-5-4-6-8-19)29-18(3)13-26(27)30-25/h4-13,15-17H,14H2,1-3H3. The van der Waals surface area contributed by atoms with Crippen LogP contribution in [-0.2, 0) is 6.42 Å². The molecule has 3 nitrogen and oxygen atoms in total. The van der Waals surface area contributed by atoms with Crippen LogP contribution in [0.5, 0.6) is 0 Å². The summed E-state index contributed by atoms with van der Waals surface area (Å²) in [6.07, 6.45) is 2.67. The van der Waals surface area contributed by atoms with Crippen LogP contribution >= 0.6 is 0 Å². The normalized spacial score (nSPS) is 11.6. The van der Waals surface area contributed by atoms with Gasteiger partial charge in [0.15, 0.2) is 0 Å². The number of hydrogen-bond acceptors (Lipinski definition) is 3. The fourth-order valence-electron chi connectivity index (χ4n) is 4.05. The second-order valence-corrected chi connectivity index (χ2v) is 8.19. The molecule has 0 N–H and O–H groups in total. The van der Waals surface area contributed by atoms with Gasteiger partial charge in [-0.3, -0.25) is 9.97 Å². The van der Waals surface area contributed by atoms with Crippen molar-refractivity contribution in [2.75, 3.05) is 0 Å². The Hall–Kier alpha value is -3.46. The molecule has 3 heteroatoms. The first-order chi connectivity index (χ1) is 14.6. The molecule has 0 saturated carbocycles. The lowest BCUT2D eigenvalue weighted by Gasteiger charge is -2.08. The number of nitrogens with zero attached hydrogens (tertiary/aromatic N) is 2. The van der Waals surface area contributed by atoms with E-state index < -0.39 is 0 Å². The van der Waals surface area contributed by atoms with E-state index in [4.69, 9.17) is 9.40 Å². The first-order valence-electron chi connectivity index (χ1n) is 10.4. The second kappa shape index (κ2) is 7.42. The fourth-order valence-corrected chi connectivity index (χ4v) is 4.05. The summed E-state index contributed by atoms with van der Waals surface area (Å²) in [4.78, 5) is 9.50. The summed E-state index contributed by atoms with van der Waals surface area (Å²) < 4.78 is 6.20. The maximum absolute atomic E-state index is 6.20. The monoisotopic (exact) mass is 392 g/mol. The van der Waals surface area contributed by atoms with Crippen molar-refractivity contribution in [2.45, 2.75) is 33.1 Å². The van der Waals surface area contributed by atoms with Crippen LogP contribution < -0.4 is 0 Å². The zero-order chi connectivity index (χ0) is 20.7. The number of hydrogen-bond donors (Lipinski definition) is 0. The Morgan fingerprint density at radius 1 is 0.900 bits per heavy atom. The molecule has 3 aromatic heterocycles. The molecule has 0 aliphatic rings. The minimum absolute atomic E-state index is 0.467. The van der Waals surface area contributed by atoms with Crippen LogP contribution in [0.15, 0.2) is 77.3 Å². The van der Waals surface area contributed by atoms with E-state index in [1.54, 1.807) is 0 Å². The van der Waals surface area contributed by atoms with Crippen LogP contribution in [0.1, 0.15) is 42.3 Å². The Morgan fingerprint density at radius 3 is 2.53 bits per heavy atom.